The van der Waals surface area contributed by atoms with Crippen molar-refractivity contribution in [1.29, 1.82) is 0 Å². The van der Waals surface area contributed by atoms with Crippen molar-refractivity contribution in [2.45, 2.75) is 38.2 Å². The third-order valence-electron chi connectivity index (χ3n) is 4.08. The van der Waals surface area contributed by atoms with Gasteiger partial charge in [-0.2, -0.15) is 0 Å². The Hall–Kier alpha value is -1.22. The second-order valence-electron chi connectivity index (χ2n) is 5.38. The largest absolute Gasteiger partial charge is 0.398 e. The molecule has 98 valence electrons. The number of hydrogen-bond acceptors (Lipinski definition) is 3. The van der Waals surface area contributed by atoms with Crippen LogP contribution >= 0.6 is 0 Å². The van der Waals surface area contributed by atoms with Crippen molar-refractivity contribution in [3.63, 3.8) is 0 Å². The second-order valence-corrected chi connectivity index (χ2v) is 5.38. The van der Waals surface area contributed by atoms with E-state index in [2.05, 4.69) is 17.0 Å². The Labute approximate surface area is 109 Å². The highest BCUT2D eigenvalue weighted by Gasteiger charge is 2.22. The van der Waals surface area contributed by atoms with E-state index in [0.29, 0.717) is 6.10 Å². The maximum atomic E-state index is 6.08. The molecule has 1 fully saturated rings. The van der Waals surface area contributed by atoms with E-state index in [9.17, 15) is 0 Å². The van der Waals surface area contributed by atoms with Gasteiger partial charge in [0.15, 0.2) is 0 Å². The van der Waals surface area contributed by atoms with Gasteiger partial charge in [-0.05, 0) is 49.8 Å². The van der Waals surface area contributed by atoms with Gasteiger partial charge in [-0.1, -0.05) is 6.07 Å². The molecule has 1 saturated heterocycles. The first-order chi connectivity index (χ1) is 8.84. The van der Waals surface area contributed by atoms with Crippen LogP contribution in [-0.4, -0.2) is 25.8 Å². The van der Waals surface area contributed by atoms with Crippen LogP contribution in [-0.2, 0) is 11.2 Å². The zero-order chi connectivity index (χ0) is 12.4. The number of hydrogen-bond donors (Lipinski definition) is 1. The van der Waals surface area contributed by atoms with Crippen LogP contribution in [0.15, 0.2) is 18.2 Å². The van der Waals surface area contributed by atoms with E-state index in [4.69, 9.17) is 10.5 Å². The molecule has 2 N–H and O–H groups in total. The zero-order valence-corrected chi connectivity index (χ0v) is 10.9. The molecule has 3 heteroatoms. The summed E-state index contributed by atoms with van der Waals surface area (Å²) in [5, 5.41) is 0. The third-order valence-corrected chi connectivity index (χ3v) is 4.08. The maximum absolute atomic E-state index is 6.08. The Bertz CT molecular complexity index is 413. The standard InChI is InChI=1S/C15H22N2O/c16-14-7-3-8-15-13(14)6-4-9-17(15)11-12-5-1-2-10-18-12/h3,7-8,12H,1-2,4-6,9-11,16H2. The Morgan fingerprint density at radius 1 is 1.28 bits per heavy atom. The minimum Gasteiger partial charge on any atom is -0.398 e. The monoisotopic (exact) mass is 246 g/mol. The van der Waals surface area contributed by atoms with Crippen LogP contribution in [0.1, 0.15) is 31.2 Å². The fraction of sp³-hybridized carbons (Fsp3) is 0.600. The first kappa shape index (κ1) is 11.8. The topological polar surface area (TPSA) is 38.5 Å². The predicted molar refractivity (Wildman–Crippen MR) is 75.0 cm³/mol. The number of nitrogens with zero attached hydrogens (tertiary/aromatic N) is 1. The summed E-state index contributed by atoms with van der Waals surface area (Å²) < 4.78 is 5.85. The molecule has 1 aromatic carbocycles. The number of anilines is 2. The molecule has 3 nitrogen and oxygen atoms in total. The number of rotatable bonds is 2. The number of benzene rings is 1. The van der Waals surface area contributed by atoms with E-state index < -0.39 is 0 Å². The molecule has 3 rings (SSSR count). The van der Waals surface area contributed by atoms with Crippen molar-refractivity contribution in [2.75, 3.05) is 30.3 Å². The lowest BCUT2D eigenvalue weighted by Gasteiger charge is -2.35. The number of nitrogens with two attached hydrogens (primary N) is 1. The van der Waals surface area contributed by atoms with E-state index in [1.807, 2.05) is 6.07 Å². The number of ether oxygens (including phenoxy) is 1. The quantitative estimate of drug-likeness (QED) is 0.815. The molecule has 2 aliphatic rings. The summed E-state index contributed by atoms with van der Waals surface area (Å²) in [5.41, 5.74) is 9.69. The van der Waals surface area contributed by atoms with E-state index in [0.717, 1.165) is 31.8 Å². The van der Waals surface area contributed by atoms with Gasteiger partial charge in [0.1, 0.15) is 0 Å². The minimum atomic E-state index is 0.408. The molecular formula is C15H22N2O. The molecule has 2 aliphatic heterocycles. The maximum Gasteiger partial charge on any atom is 0.0749 e. The van der Waals surface area contributed by atoms with Gasteiger partial charge in [-0.3, -0.25) is 0 Å². The average Bonchev–Trinajstić information content (AvgIpc) is 2.41. The van der Waals surface area contributed by atoms with Crippen molar-refractivity contribution < 1.29 is 4.74 Å². The van der Waals surface area contributed by atoms with Crippen molar-refractivity contribution in [1.82, 2.24) is 0 Å². The fourth-order valence-electron chi connectivity index (χ4n) is 3.11. The fourth-order valence-corrected chi connectivity index (χ4v) is 3.11. The third kappa shape index (κ3) is 2.32. The molecule has 0 saturated carbocycles. The molecule has 18 heavy (non-hydrogen) atoms. The molecule has 0 bridgehead atoms. The van der Waals surface area contributed by atoms with Gasteiger partial charge in [0.2, 0.25) is 0 Å². The van der Waals surface area contributed by atoms with E-state index in [1.165, 1.54) is 36.9 Å². The summed E-state index contributed by atoms with van der Waals surface area (Å²) in [6.07, 6.45) is 6.46. The normalized spacial score (nSPS) is 23.8. The summed E-state index contributed by atoms with van der Waals surface area (Å²) >= 11 is 0. The van der Waals surface area contributed by atoms with Gasteiger partial charge >= 0.3 is 0 Å². The lowest BCUT2D eigenvalue weighted by atomic mass is 9.99. The molecule has 0 radical (unpaired) electrons. The number of fused-ring (bicyclic) bond motifs is 1. The van der Waals surface area contributed by atoms with Crippen LogP contribution in [0.5, 0.6) is 0 Å². The zero-order valence-electron chi connectivity index (χ0n) is 10.9. The molecule has 2 heterocycles. The van der Waals surface area contributed by atoms with Crippen LogP contribution in [0, 0.1) is 0 Å². The Balaban J connectivity index is 1.76. The highest BCUT2D eigenvalue weighted by Crippen LogP contribution is 2.31. The molecule has 1 unspecified atom stereocenters. The van der Waals surface area contributed by atoms with Crippen LogP contribution in [0.3, 0.4) is 0 Å². The molecule has 0 aromatic heterocycles. The predicted octanol–water partition coefficient (Wildman–Crippen LogP) is 2.59. The van der Waals surface area contributed by atoms with Gasteiger partial charge in [0.05, 0.1) is 6.10 Å². The summed E-state index contributed by atoms with van der Waals surface area (Å²) in [6, 6.07) is 6.28. The SMILES string of the molecule is Nc1cccc2c1CCCN2CC1CCCCO1. The molecule has 0 amide bonds. The van der Waals surface area contributed by atoms with Crippen molar-refractivity contribution in [3.05, 3.63) is 23.8 Å². The Morgan fingerprint density at radius 2 is 2.22 bits per heavy atom. The summed E-state index contributed by atoms with van der Waals surface area (Å²) in [4.78, 5) is 2.46. The lowest BCUT2D eigenvalue weighted by molar-refractivity contribution is 0.0208. The molecule has 0 aliphatic carbocycles. The summed E-state index contributed by atoms with van der Waals surface area (Å²) in [7, 11) is 0. The van der Waals surface area contributed by atoms with Crippen molar-refractivity contribution >= 4 is 11.4 Å². The van der Waals surface area contributed by atoms with E-state index in [-0.39, 0.29) is 0 Å². The molecule has 1 aromatic rings. The average molecular weight is 246 g/mol. The van der Waals surface area contributed by atoms with Crippen LogP contribution in [0.4, 0.5) is 11.4 Å². The van der Waals surface area contributed by atoms with Crippen molar-refractivity contribution in [3.8, 4) is 0 Å². The van der Waals surface area contributed by atoms with E-state index >= 15 is 0 Å². The molecule has 0 spiro atoms. The first-order valence-corrected chi connectivity index (χ1v) is 7.08. The van der Waals surface area contributed by atoms with Gasteiger partial charge in [-0.15, -0.1) is 0 Å². The smallest absolute Gasteiger partial charge is 0.0749 e. The molecule has 1 atom stereocenters. The van der Waals surface area contributed by atoms with Gasteiger partial charge in [0, 0.05) is 31.1 Å². The highest BCUT2D eigenvalue weighted by atomic mass is 16.5. The van der Waals surface area contributed by atoms with Crippen LogP contribution in [0.25, 0.3) is 0 Å². The highest BCUT2D eigenvalue weighted by molar-refractivity contribution is 5.66. The molecular weight excluding hydrogens is 224 g/mol. The van der Waals surface area contributed by atoms with Crippen molar-refractivity contribution in [2.24, 2.45) is 0 Å². The van der Waals surface area contributed by atoms with Crippen LogP contribution < -0.4 is 10.6 Å². The Kier molecular flexibility index (Phi) is 3.41. The Morgan fingerprint density at radius 3 is 3.06 bits per heavy atom. The minimum absolute atomic E-state index is 0.408. The number of nitrogen functional groups attached to an aromatic ring is 1. The van der Waals surface area contributed by atoms with Gasteiger partial charge in [-0.25, -0.2) is 0 Å². The van der Waals surface area contributed by atoms with Gasteiger partial charge in [0.25, 0.3) is 0 Å². The summed E-state index contributed by atoms with van der Waals surface area (Å²) in [6.45, 7) is 3.09. The van der Waals surface area contributed by atoms with Gasteiger partial charge < -0.3 is 15.4 Å². The van der Waals surface area contributed by atoms with E-state index in [1.54, 1.807) is 0 Å². The lowest BCUT2D eigenvalue weighted by Crippen LogP contribution is -2.38. The first-order valence-electron chi connectivity index (χ1n) is 7.08. The second kappa shape index (κ2) is 5.19. The van der Waals surface area contributed by atoms with Crippen LogP contribution in [0.2, 0.25) is 0 Å². The summed E-state index contributed by atoms with van der Waals surface area (Å²) in [5.74, 6) is 0.